The summed E-state index contributed by atoms with van der Waals surface area (Å²) in [6.07, 6.45) is 2.00. The second kappa shape index (κ2) is 4.98. The molecule has 0 aromatic heterocycles. The first-order valence-electron chi connectivity index (χ1n) is 7.56. The molecule has 1 aliphatic heterocycles. The van der Waals surface area contributed by atoms with Gasteiger partial charge >= 0.3 is 6.03 Å². The zero-order chi connectivity index (χ0) is 15.1. The molecule has 22 heavy (non-hydrogen) atoms. The Morgan fingerprint density at radius 2 is 1.82 bits per heavy atom. The van der Waals surface area contributed by atoms with Crippen molar-refractivity contribution in [2.45, 2.75) is 18.9 Å². The number of hydrogen-bond donors (Lipinski definition) is 1. The van der Waals surface area contributed by atoms with Crippen LogP contribution in [-0.2, 0) is 6.42 Å². The molecule has 0 radical (unpaired) electrons. The van der Waals surface area contributed by atoms with E-state index >= 15 is 0 Å². The van der Waals surface area contributed by atoms with Crippen molar-refractivity contribution in [3.8, 4) is 0 Å². The molecule has 2 aliphatic rings. The highest BCUT2D eigenvalue weighted by Crippen LogP contribution is 2.42. The standard InChI is InChI=1S/C18H17N3O/c19-18(22)21-17(13-7-2-1-3-8-13)15-11-10-12-6-4-5-9-14(12)16(15)20-21/h1-9,15,17H,10-11H2,(H2,19,22)/t15-,17?/m0/s1. The second-order valence-corrected chi connectivity index (χ2v) is 5.83. The van der Waals surface area contributed by atoms with E-state index in [1.54, 1.807) is 0 Å². The number of amides is 2. The van der Waals surface area contributed by atoms with E-state index in [-0.39, 0.29) is 12.0 Å². The summed E-state index contributed by atoms with van der Waals surface area (Å²) in [4.78, 5) is 11.9. The Hall–Kier alpha value is -2.62. The molecule has 2 aromatic rings. The summed E-state index contributed by atoms with van der Waals surface area (Å²) in [5.41, 5.74) is 10.1. The van der Waals surface area contributed by atoms with Crippen LogP contribution in [0.5, 0.6) is 0 Å². The lowest BCUT2D eigenvalue weighted by molar-refractivity contribution is 0.184. The molecule has 1 unspecified atom stereocenters. The minimum Gasteiger partial charge on any atom is -0.350 e. The summed E-state index contributed by atoms with van der Waals surface area (Å²) in [6.45, 7) is 0. The Bertz CT molecular complexity index is 754. The zero-order valence-electron chi connectivity index (χ0n) is 12.1. The number of primary amides is 1. The van der Waals surface area contributed by atoms with Gasteiger partial charge < -0.3 is 5.73 Å². The van der Waals surface area contributed by atoms with Gasteiger partial charge in [0.1, 0.15) is 0 Å². The fraction of sp³-hybridized carbons (Fsp3) is 0.222. The SMILES string of the molecule is NC(=O)N1N=C2c3ccccc3CC[C@@H]2C1c1ccccc1. The van der Waals surface area contributed by atoms with Gasteiger partial charge in [-0.25, -0.2) is 9.80 Å². The van der Waals surface area contributed by atoms with Gasteiger partial charge in [-0.3, -0.25) is 0 Å². The molecular formula is C18H17N3O. The molecule has 1 heterocycles. The number of nitrogens with two attached hydrogens (primary N) is 1. The first-order valence-corrected chi connectivity index (χ1v) is 7.56. The average molecular weight is 291 g/mol. The van der Waals surface area contributed by atoms with Crippen LogP contribution in [0.2, 0.25) is 0 Å². The lowest BCUT2D eigenvalue weighted by Gasteiger charge is -2.28. The molecule has 4 nitrogen and oxygen atoms in total. The number of rotatable bonds is 1. The zero-order valence-corrected chi connectivity index (χ0v) is 12.1. The number of hydrazone groups is 1. The van der Waals surface area contributed by atoms with Gasteiger partial charge in [0.15, 0.2) is 0 Å². The highest BCUT2D eigenvalue weighted by atomic mass is 16.2. The molecule has 2 aromatic carbocycles. The van der Waals surface area contributed by atoms with Crippen LogP contribution in [-0.4, -0.2) is 16.8 Å². The van der Waals surface area contributed by atoms with E-state index in [0.29, 0.717) is 0 Å². The summed E-state index contributed by atoms with van der Waals surface area (Å²) in [7, 11) is 0. The van der Waals surface area contributed by atoms with Gasteiger partial charge in [-0.1, -0.05) is 54.6 Å². The molecule has 0 spiro atoms. The van der Waals surface area contributed by atoms with E-state index in [0.717, 1.165) is 29.7 Å². The van der Waals surface area contributed by atoms with E-state index in [1.807, 2.05) is 36.4 Å². The molecule has 2 amide bonds. The van der Waals surface area contributed by atoms with Crippen molar-refractivity contribution < 1.29 is 4.79 Å². The Morgan fingerprint density at radius 1 is 1.09 bits per heavy atom. The summed E-state index contributed by atoms with van der Waals surface area (Å²) < 4.78 is 0. The molecule has 4 heteroatoms. The van der Waals surface area contributed by atoms with Gasteiger partial charge in [0.2, 0.25) is 0 Å². The van der Waals surface area contributed by atoms with Crippen LogP contribution in [0.1, 0.15) is 29.2 Å². The summed E-state index contributed by atoms with van der Waals surface area (Å²) in [5.74, 6) is 0.213. The van der Waals surface area contributed by atoms with E-state index in [9.17, 15) is 4.79 Å². The van der Waals surface area contributed by atoms with Gasteiger partial charge in [-0.15, -0.1) is 0 Å². The van der Waals surface area contributed by atoms with Crippen molar-refractivity contribution in [1.82, 2.24) is 5.01 Å². The van der Waals surface area contributed by atoms with Crippen LogP contribution in [0.25, 0.3) is 0 Å². The van der Waals surface area contributed by atoms with Crippen LogP contribution in [0.3, 0.4) is 0 Å². The van der Waals surface area contributed by atoms with Gasteiger partial charge in [0.05, 0.1) is 11.8 Å². The van der Waals surface area contributed by atoms with Crippen LogP contribution in [0, 0.1) is 5.92 Å². The van der Waals surface area contributed by atoms with Crippen molar-refractivity contribution in [3.63, 3.8) is 0 Å². The van der Waals surface area contributed by atoms with Crippen molar-refractivity contribution in [2.24, 2.45) is 16.8 Å². The topological polar surface area (TPSA) is 58.7 Å². The maximum Gasteiger partial charge on any atom is 0.335 e. The Balaban J connectivity index is 1.82. The smallest absolute Gasteiger partial charge is 0.335 e. The number of fused-ring (bicyclic) bond motifs is 3. The molecule has 2 atom stereocenters. The maximum absolute atomic E-state index is 11.9. The van der Waals surface area contributed by atoms with Crippen molar-refractivity contribution in [3.05, 3.63) is 71.3 Å². The molecule has 0 bridgehead atoms. The third kappa shape index (κ3) is 1.91. The first kappa shape index (κ1) is 13.1. The lowest BCUT2D eigenvalue weighted by atomic mass is 9.77. The average Bonchev–Trinajstić information content (AvgIpc) is 2.96. The van der Waals surface area contributed by atoms with E-state index < -0.39 is 6.03 Å². The second-order valence-electron chi connectivity index (χ2n) is 5.83. The third-order valence-electron chi connectivity index (χ3n) is 4.60. The number of carbonyl (C=O) groups excluding carboxylic acids is 1. The summed E-state index contributed by atoms with van der Waals surface area (Å²) >= 11 is 0. The van der Waals surface area contributed by atoms with Crippen molar-refractivity contribution in [2.75, 3.05) is 0 Å². The van der Waals surface area contributed by atoms with Crippen LogP contribution in [0.15, 0.2) is 59.7 Å². The van der Waals surface area contributed by atoms with E-state index in [2.05, 4.69) is 23.3 Å². The molecular weight excluding hydrogens is 274 g/mol. The fourth-order valence-electron chi connectivity index (χ4n) is 3.63. The highest BCUT2D eigenvalue weighted by Gasteiger charge is 2.43. The Morgan fingerprint density at radius 3 is 2.59 bits per heavy atom. The quantitative estimate of drug-likeness (QED) is 0.862. The van der Waals surface area contributed by atoms with Crippen LogP contribution in [0.4, 0.5) is 4.79 Å². The summed E-state index contributed by atoms with van der Waals surface area (Å²) in [5, 5.41) is 6.04. The van der Waals surface area contributed by atoms with E-state index in [1.165, 1.54) is 10.6 Å². The molecule has 0 fully saturated rings. The van der Waals surface area contributed by atoms with Crippen molar-refractivity contribution in [1.29, 1.82) is 0 Å². The van der Waals surface area contributed by atoms with Gasteiger partial charge in [-0.05, 0) is 24.0 Å². The molecule has 4 rings (SSSR count). The van der Waals surface area contributed by atoms with Crippen LogP contribution < -0.4 is 5.73 Å². The molecule has 0 saturated heterocycles. The highest BCUT2D eigenvalue weighted by molar-refractivity contribution is 6.06. The fourth-order valence-corrected chi connectivity index (χ4v) is 3.63. The number of nitrogens with zero attached hydrogens (tertiary/aromatic N) is 2. The molecule has 0 saturated carbocycles. The summed E-state index contributed by atoms with van der Waals surface area (Å²) in [6, 6.07) is 17.8. The monoisotopic (exact) mass is 291 g/mol. The van der Waals surface area contributed by atoms with Crippen molar-refractivity contribution >= 4 is 11.7 Å². The number of aryl methyl sites for hydroxylation is 1. The molecule has 1 aliphatic carbocycles. The predicted molar refractivity (Wildman–Crippen MR) is 85.4 cm³/mol. The maximum atomic E-state index is 11.9. The minimum atomic E-state index is -0.492. The largest absolute Gasteiger partial charge is 0.350 e. The third-order valence-corrected chi connectivity index (χ3v) is 4.60. The van der Waals surface area contributed by atoms with E-state index in [4.69, 9.17) is 5.73 Å². The normalized spacial score (nSPS) is 22.7. The molecule has 2 N–H and O–H groups in total. The predicted octanol–water partition coefficient (Wildman–Crippen LogP) is 3.09. The van der Waals surface area contributed by atoms with Crippen LogP contribution >= 0.6 is 0 Å². The van der Waals surface area contributed by atoms with Gasteiger partial charge in [-0.2, -0.15) is 5.10 Å². The number of carbonyl (C=O) groups is 1. The minimum absolute atomic E-state index is 0.0953. The Kier molecular flexibility index (Phi) is 2.96. The lowest BCUT2D eigenvalue weighted by Crippen LogP contribution is -2.35. The van der Waals surface area contributed by atoms with Gasteiger partial charge in [0, 0.05) is 11.5 Å². The number of hydrogen-bond acceptors (Lipinski definition) is 2. The molecule has 110 valence electrons. The number of urea groups is 1. The number of benzene rings is 2. The first-order chi connectivity index (χ1) is 10.8. The van der Waals surface area contributed by atoms with Gasteiger partial charge in [0.25, 0.3) is 0 Å². The Labute approximate surface area is 129 Å².